The number of halogens is 2. The molecule has 1 aromatic rings. The fourth-order valence-electron chi connectivity index (χ4n) is 6.19. The molecule has 1 aliphatic carbocycles. The molecule has 3 saturated heterocycles. The Labute approximate surface area is 198 Å². The Hall–Kier alpha value is -2.26. The van der Waals surface area contributed by atoms with E-state index in [9.17, 15) is 18.4 Å². The number of ether oxygens (including phenoxy) is 2. The molecule has 34 heavy (non-hydrogen) atoms. The van der Waals surface area contributed by atoms with Gasteiger partial charge in [0.2, 0.25) is 5.91 Å². The maximum atomic E-state index is 13.5. The van der Waals surface area contributed by atoms with Crippen LogP contribution in [0.15, 0.2) is 30.3 Å². The number of morpholine rings is 1. The first-order valence-electron chi connectivity index (χ1n) is 12.3. The summed E-state index contributed by atoms with van der Waals surface area (Å²) in [7, 11) is 0. The van der Waals surface area contributed by atoms with Crippen molar-refractivity contribution in [1.82, 2.24) is 15.1 Å². The zero-order valence-electron chi connectivity index (χ0n) is 19.6. The lowest BCUT2D eigenvalue weighted by Gasteiger charge is -2.45. The maximum absolute atomic E-state index is 13.5. The maximum Gasteiger partial charge on any atom is 0.321 e. The van der Waals surface area contributed by atoms with E-state index in [2.05, 4.69) is 29.6 Å². The zero-order valence-corrected chi connectivity index (χ0v) is 19.6. The van der Waals surface area contributed by atoms with Crippen LogP contribution in [-0.2, 0) is 14.3 Å². The van der Waals surface area contributed by atoms with Crippen molar-refractivity contribution < 1.29 is 27.8 Å². The fourth-order valence-corrected chi connectivity index (χ4v) is 6.19. The third-order valence-corrected chi connectivity index (χ3v) is 7.86. The Balaban J connectivity index is 1.26. The van der Waals surface area contributed by atoms with E-state index in [1.54, 1.807) is 4.90 Å². The summed E-state index contributed by atoms with van der Waals surface area (Å²) < 4.78 is 38.8. The van der Waals surface area contributed by atoms with Crippen molar-refractivity contribution in [3.8, 4) is 0 Å². The molecule has 4 fully saturated rings. The van der Waals surface area contributed by atoms with E-state index in [0.29, 0.717) is 12.3 Å². The molecule has 1 N–H and O–H groups in total. The van der Waals surface area contributed by atoms with Crippen molar-refractivity contribution in [3.63, 3.8) is 0 Å². The Kier molecular flexibility index (Phi) is 6.27. The van der Waals surface area contributed by atoms with Crippen LogP contribution in [0.4, 0.5) is 13.6 Å². The van der Waals surface area contributed by atoms with Gasteiger partial charge in [-0.15, -0.1) is 0 Å². The van der Waals surface area contributed by atoms with Gasteiger partial charge in [-0.05, 0) is 50.5 Å². The highest BCUT2D eigenvalue weighted by Gasteiger charge is 2.58. The summed E-state index contributed by atoms with van der Waals surface area (Å²) in [6.45, 7) is 1.26. The van der Waals surface area contributed by atoms with Gasteiger partial charge in [0.15, 0.2) is 0 Å². The summed E-state index contributed by atoms with van der Waals surface area (Å²) in [5.74, 6) is -2.53. The lowest BCUT2D eigenvalue weighted by molar-refractivity contribution is -0.138. The van der Waals surface area contributed by atoms with Gasteiger partial charge >= 0.3 is 6.03 Å². The van der Waals surface area contributed by atoms with Gasteiger partial charge in [0.25, 0.3) is 5.92 Å². The Morgan fingerprint density at radius 1 is 1.18 bits per heavy atom. The van der Waals surface area contributed by atoms with Crippen molar-refractivity contribution in [2.45, 2.75) is 74.6 Å². The van der Waals surface area contributed by atoms with Crippen LogP contribution < -0.4 is 5.32 Å². The summed E-state index contributed by atoms with van der Waals surface area (Å²) in [5, 5.41) is 3.06. The van der Waals surface area contributed by atoms with Crippen LogP contribution in [-0.4, -0.2) is 84.3 Å². The number of urea groups is 1. The normalized spacial score (nSPS) is 35.2. The number of amides is 3. The van der Waals surface area contributed by atoms with Gasteiger partial charge in [0, 0.05) is 6.04 Å². The second-order valence-corrected chi connectivity index (χ2v) is 10.4. The van der Waals surface area contributed by atoms with Crippen LogP contribution in [0.25, 0.3) is 0 Å². The second kappa shape index (κ2) is 9.07. The number of carbonyl (C=O) groups excluding carboxylic acids is 2. The summed E-state index contributed by atoms with van der Waals surface area (Å²) in [5.41, 5.74) is 0.591. The lowest BCUT2D eigenvalue weighted by atomic mass is 9.82. The highest BCUT2D eigenvalue weighted by molar-refractivity contribution is 5.80. The van der Waals surface area contributed by atoms with Gasteiger partial charge in [-0.1, -0.05) is 30.3 Å². The van der Waals surface area contributed by atoms with Crippen LogP contribution in [0.3, 0.4) is 0 Å². The van der Waals surface area contributed by atoms with Crippen LogP contribution in [0.5, 0.6) is 0 Å². The molecular weight excluding hydrogens is 444 g/mol. The Bertz CT molecular complexity index is 901. The molecule has 0 bridgehead atoms. The average Bonchev–Trinajstić information content (AvgIpc) is 3.06. The molecule has 7 nitrogen and oxygen atoms in total. The van der Waals surface area contributed by atoms with E-state index in [1.807, 2.05) is 13.0 Å². The molecule has 0 radical (unpaired) electrons. The van der Waals surface area contributed by atoms with Crippen molar-refractivity contribution >= 4 is 11.9 Å². The number of rotatable bonds is 4. The van der Waals surface area contributed by atoms with Crippen LogP contribution in [0.2, 0.25) is 0 Å². The number of nitrogens with zero attached hydrogens (tertiary/aromatic N) is 2. The van der Waals surface area contributed by atoms with E-state index >= 15 is 0 Å². The summed E-state index contributed by atoms with van der Waals surface area (Å²) in [6, 6.07) is 9.38. The number of alkyl halides is 2. The Morgan fingerprint density at radius 3 is 2.53 bits per heavy atom. The number of likely N-dealkylation sites (tertiary alicyclic amines) is 2. The largest absolute Gasteiger partial charge is 0.376 e. The first kappa shape index (κ1) is 23.5. The monoisotopic (exact) mass is 477 g/mol. The van der Waals surface area contributed by atoms with E-state index < -0.39 is 36.6 Å². The minimum atomic E-state index is -2.83. The van der Waals surface area contributed by atoms with Crippen LogP contribution in [0.1, 0.15) is 50.5 Å². The number of benzene rings is 1. The summed E-state index contributed by atoms with van der Waals surface area (Å²) in [4.78, 5) is 28.2. The number of hydrogen-bond acceptors (Lipinski definition) is 4. The van der Waals surface area contributed by atoms with Gasteiger partial charge in [-0.2, -0.15) is 0 Å². The smallest absolute Gasteiger partial charge is 0.321 e. The van der Waals surface area contributed by atoms with Gasteiger partial charge in [-0.3, -0.25) is 4.79 Å². The molecule has 4 aliphatic rings. The standard InChI is InChI=1S/C25H33F2N3O4/c1-17-11-24(16-33-13-22(31)28-24)21(30(17)23(32)29-14-25(26,27)15-29)12-34-20-9-7-19(8-10-20)18-5-3-2-4-6-18/h2-6,17,19-21H,7-16H2,1H3,(H,28,31). The molecule has 1 spiro atoms. The van der Waals surface area contributed by atoms with Crippen molar-refractivity contribution in [3.05, 3.63) is 35.9 Å². The van der Waals surface area contributed by atoms with Crippen LogP contribution in [0, 0.1) is 0 Å². The molecule has 5 rings (SSSR count). The molecule has 3 atom stereocenters. The second-order valence-electron chi connectivity index (χ2n) is 10.4. The topological polar surface area (TPSA) is 71.1 Å². The summed E-state index contributed by atoms with van der Waals surface area (Å²) in [6.07, 6.45) is 4.48. The summed E-state index contributed by atoms with van der Waals surface area (Å²) >= 11 is 0. The predicted molar refractivity (Wildman–Crippen MR) is 121 cm³/mol. The molecule has 1 saturated carbocycles. The first-order valence-corrected chi connectivity index (χ1v) is 12.3. The van der Waals surface area contributed by atoms with Crippen molar-refractivity contribution in [1.29, 1.82) is 0 Å². The van der Waals surface area contributed by atoms with Gasteiger partial charge in [0.1, 0.15) is 6.61 Å². The molecule has 186 valence electrons. The predicted octanol–water partition coefficient (Wildman–Crippen LogP) is 3.15. The molecule has 3 amide bonds. The quantitative estimate of drug-likeness (QED) is 0.723. The van der Waals surface area contributed by atoms with E-state index in [1.165, 1.54) is 10.5 Å². The molecular formula is C25H33F2N3O4. The van der Waals surface area contributed by atoms with Crippen LogP contribution >= 0.6 is 0 Å². The van der Waals surface area contributed by atoms with Crippen molar-refractivity contribution in [2.24, 2.45) is 0 Å². The highest BCUT2D eigenvalue weighted by atomic mass is 19.3. The lowest BCUT2D eigenvalue weighted by Crippen LogP contribution is -2.68. The molecule has 3 heterocycles. The minimum absolute atomic E-state index is 0.0144. The SMILES string of the molecule is CC1CC2(COCC(=O)N2)C(COC2CCC(c3ccccc3)CC2)N1C(=O)N1CC(F)(F)C1. The average molecular weight is 478 g/mol. The molecule has 3 aliphatic heterocycles. The molecule has 0 aromatic heterocycles. The minimum Gasteiger partial charge on any atom is -0.376 e. The molecule has 3 unspecified atom stereocenters. The van der Waals surface area contributed by atoms with Gasteiger partial charge < -0.3 is 24.6 Å². The van der Waals surface area contributed by atoms with Gasteiger partial charge in [0.05, 0.1) is 44.0 Å². The highest BCUT2D eigenvalue weighted by Crippen LogP contribution is 2.40. The zero-order chi connectivity index (χ0) is 23.9. The third kappa shape index (κ3) is 4.52. The first-order chi connectivity index (χ1) is 16.3. The number of hydrogen-bond donors (Lipinski definition) is 1. The number of nitrogens with one attached hydrogen (secondary N) is 1. The Morgan fingerprint density at radius 2 is 1.88 bits per heavy atom. The fraction of sp³-hybridized carbons (Fsp3) is 0.680. The van der Waals surface area contributed by atoms with E-state index in [4.69, 9.17) is 9.47 Å². The van der Waals surface area contributed by atoms with Crippen molar-refractivity contribution in [2.75, 3.05) is 32.9 Å². The third-order valence-electron chi connectivity index (χ3n) is 7.86. The van der Waals surface area contributed by atoms with Gasteiger partial charge in [-0.25, -0.2) is 13.6 Å². The van der Waals surface area contributed by atoms with E-state index in [0.717, 1.165) is 25.7 Å². The molecule has 1 aromatic carbocycles. The molecule has 9 heteroatoms. The number of carbonyl (C=O) groups is 2. The van der Waals surface area contributed by atoms with E-state index in [-0.39, 0.29) is 37.9 Å².